The van der Waals surface area contributed by atoms with Gasteiger partial charge in [0, 0.05) is 31.4 Å². The molecule has 0 radical (unpaired) electrons. The molecule has 104 valence electrons. The molecule has 0 bridgehead atoms. The molecular formula is C14H13ClN2O3. The lowest BCUT2D eigenvalue weighted by molar-refractivity contribution is 0.0771. The van der Waals surface area contributed by atoms with Crippen molar-refractivity contribution in [1.82, 2.24) is 9.88 Å². The molecule has 2 aromatic heterocycles. The summed E-state index contributed by atoms with van der Waals surface area (Å²) in [6.45, 7) is 1.21. The Morgan fingerprint density at radius 2 is 2.40 bits per heavy atom. The smallest absolute Gasteiger partial charge is 0.257 e. The van der Waals surface area contributed by atoms with Gasteiger partial charge in [-0.15, -0.1) is 0 Å². The lowest BCUT2D eigenvalue weighted by atomic mass is 10.3. The summed E-state index contributed by atoms with van der Waals surface area (Å²) in [6, 6.07) is 3.39. The van der Waals surface area contributed by atoms with Gasteiger partial charge in [0.15, 0.2) is 0 Å². The van der Waals surface area contributed by atoms with Gasteiger partial charge in [-0.1, -0.05) is 11.6 Å². The summed E-state index contributed by atoms with van der Waals surface area (Å²) in [5.41, 5.74) is 0.563. The minimum Gasteiger partial charge on any atom is -0.487 e. The van der Waals surface area contributed by atoms with Gasteiger partial charge in [-0.25, -0.2) is 0 Å². The maximum Gasteiger partial charge on any atom is 0.257 e. The van der Waals surface area contributed by atoms with Crippen molar-refractivity contribution in [2.45, 2.75) is 12.5 Å². The fourth-order valence-corrected chi connectivity index (χ4v) is 2.38. The molecule has 6 heteroatoms. The molecule has 1 amide bonds. The highest BCUT2D eigenvalue weighted by atomic mass is 35.5. The highest BCUT2D eigenvalue weighted by molar-refractivity contribution is 6.31. The molecule has 1 saturated heterocycles. The van der Waals surface area contributed by atoms with Crippen molar-refractivity contribution in [2.75, 3.05) is 13.1 Å². The van der Waals surface area contributed by atoms with Crippen LogP contribution in [0, 0.1) is 0 Å². The van der Waals surface area contributed by atoms with Crippen molar-refractivity contribution in [3.63, 3.8) is 0 Å². The van der Waals surface area contributed by atoms with Crippen molar-refractivity contribution < 1.29 is 13.9 Å². The van der Waals surface area contributed by atoms with Crippen molar-refractivity contribution >= 4 is 17.5 Å². The van der Waals surface area contributed by atoms with Crippen molar-refractivity contribution in [3.05, 3.63) is 47.6 Å². The molecule has 3 heterocycles. The summed E-state index contributed by atoms with van der Waals surface area (Å²) in [4.78, 5) is 17.8. The first-order valence-corrected chi connectivity index (χ1v) is 6.69. The zero-order valence-corrected chi connectivity index (χ0v) is 11.4. The van der Waals surface area contributed by atoms with Gasteiger partial charge in [0.25, 0.3) is 5.91 Å². The quantitative estimate of drug-likeness (QED) is 0.872. The van der Waals surface area contributed by atoms with E-state index in [1.165, 1.54) is 12.5 Å². The third-order valence-corrected chi connectivity index (χ3v) is 3.51. The van der Waals surface area contributed by atoms with Gasteiger partial charge in [-0.05, 0) is 6.07 Å². The van der Waals surface area contributed by atoms with Gasteiger partial charge in [-0.2, -0.15) is 0 Å². The lowest BCUT2D eigenvalue weighted by Gasteiger charge is -2.17. The lowest BCUT2D eigenvalue weighted by Crippen LogP contribution is -2.30. The Labute approximate surface area is 121 Å². The predicted molar refractivity (Wildman–Crippen MR) is 72.9 cm³/mol. The molecule has 2 aromatic rings. The topological polar surface area (TPSA) is 55.6 Å². The monoisotopic (exact) mass is 292 g/mol. The van der Waals surface area contributed by atoms with E-state index in [-0.39, 0.29) is 12.0 Å². The largest absolute Gasteiger partial charge is 0.487 e. The number of pyridine rings is 1. The number of halogens is 1. The number of carbonyl (C=O) groups excluding carboxylic acids is 1. The van der Waals surface area contributed by atoms with Crippen LogP contribution in [0.3, 0.4) is 0 Å². The van der Waals surface area contributed by atoms with E-state index >= 15 is 0 Å². The number of likely N-dealkylation sites (tertiary alicyclic amines) is 1. The number of aromatic nitrogens is 1. The summed E-state index contributed by atoms with van der Waals surface area (Å²) >= 11 is 6.00. The number of amides is 1. The van der Waals surface area contributed by atoms with Gasteiger partial charge in [0.05, 0.1) is 18.4 Å². The van der Waals surface area contributed by atoms with E-state index in [0.29, 0.717) is 29.4 Å². The van der Waals surface area contributed by atoms with Crippen LogP contribution in [0.4, 0.5) is 0 Å². The molecule has 0 aromatic carbocycles. The summed E-state index contributed by atoms with van der Waals surface area (Å²) < 4.78 is 10.7. The van der Waals surface area contributed by atoms with E-state index in [4.69, 9.17) is 20.8 Å². The first-order valence-electron chi connectivity index (χ1n) is 6.31. The van der Waals surface area contributed by atoms with Crippen LogP contribution in [-0.4, -0.2) is 35.0 Å². The standard InChI is InChI=1S/C14H13ClN2O3/c15-12-7-16-4-1-13(12)20-11-2-5-17(8-11)14(18)10-3-6-19-9-10/h1,3-4,6-7,9,11H,2,5,8H2. The van der Waals surface area contributed by atoms with Gasteiger partial charge < -0.3 is 14.1 Å². The molecule has 0 spiro atoms. The van der Waals surface area contributed by atoms with Gasteiger partial charge >= 0.3 is 0 Å². The van der Waals surface area contributed by atoms with Gasteiger partial charge in [0.2, 0.25) is 0 Å². The summed E-state index contributed by atoms with van der Waals surface area (Å²) in [6.07, 6.45) is 6.85. The molecule has 1 atom stereocenters. The summed E-state index contributed by atoms with van der Waals surface area (Å²) in [7, 11) is 0. The van der Waals surface area contributed by atoms with Crippen LogP contribution in [-0.2, 0) is 0 Å². The number of hydrogen-bond donors (Lipinski definition) is 0. The van der Waals surface area contributed by atoms with Crippen LogP contribution in [0.1, 0.15) is 16.8 Å². The van der Waals surface area contributed by atoms with Crippen molar-refractivity contribution in [2.24, 2.45) is 0 Å². The van der Waals surface area contributed by atoms with E-state index < -0.39 is 0 Å². The van der Waals surface area contributed by atoms with E-state index in [2.05, 4.69) is 4.98 Å². The Morgan fingerprint density at radius 3 is 3.15 bits per heavy atom. The minimum atomic E-state index is -0.0502. The molecule has 0 saturated carbocycles. The van der Waals surface area contributed by atoms with E-state index in [1.54, 1.807) is 29.4 Å². The Hall–Kier alpha value is -2.01. The molecular weight excluding hydrogens is 280 g/mol. The van der Waals surface area contributed by atoms with Crippen LogP contribution in [0.2, 0.25) is 5.02 Å². The second-order valence-corrected chi connectivity index (χ2v) is 5.01. The Morgan fingerprint density at radius 1 is 1.50 bits per heavy atom. The Kier molecular flexibility index (Phi) is 3.60. The fourth-order valence-electron chi connectivity index (χ4n) is 2.22. The molecule has 3 rings (SSSR count). The van der Waals surface area contributed by atoms with Crippen LogP contribution < -0.4 is 4.74 Å². The number of carbonyl (C=O) groups is 1. The molecule has 1 aliphatic rings. The highest BCUT2D eigenvalue weighted by Crippen LogP contribution is 2.26. The third-order valence-electron chi connectivity index (χ3n) is 3.23. The first kappa shape index (κ1) is 13.0. The zero-order valence-electron chi connectivity index (χ0n) is 10.7. The average molecular weight is 293 g/mol. The maximum atomic E-state index is 12.1. The molecule has 0 N–H and O–H groups in total. The highest BCUT2D eigenvalue weighted by Gasteiger charge is 2.29. The second kappa shape index (κ2) is 5.54. The fraction of sp³-hybridized carbons (Fsp3) is 0.286. The predicted octanol–water partition coefficient (Wildman–Crippen LogP) is 2.62. The van der Waals surface area contributed by atoms with E-state index in [1.807, 2.05) is 0 Å². The number of ether oxygens (including phenoxy) is 1. The number of hydrogen-bond acceptors (Lipinski definition) is 4. The molecule has 1 unspecified atom stereocenters. The van der Waals surface area contributed by atoms with Crippen LogP contribution >= 0.6 is 11.6 Å². The molecule has 1 fully saturated rings. The first-order chi connectivity index (χ1) is 9.74. The van der Waals surface area contributed by atoms with Crippen molar-refractivity contribution in [1.29, 1.82) is 0 Å². The number of furan rings is 1. The zero-order chi connectivity index (χ0) is 13.9. The second-order valence-electron chi connectivity index (χ2n) is 4.60. The van der Waals surface area contributed by atoms with Gasteiger partial charge in [0.1, 0.15) is 23.1 Å². The van der Waals surface area contributed by atoms with Gasteiger partial charge in [-0.3, -0.25) is 9.78 Å². The minimum absolute atomic E-state index is 0.0364. The summed E-state index contributed by atoms with van der Waals surface area (Å²) in [5, 5.41) is 0.479. The van der Waals surface area contributed by atoms with E-state index in [9.17, 15) is 4.79 Å². The maximum absolute atomic E-state index is 12.1. The Bertz CT molecular complexity index is 600. The third kappa shape index (κ3) is 2.63. The molecule has 20 heavy (non-hydrogen) atoms. The molecule has 5 nitrogen and oxygen atoms in total. The van der Waals surface area contributed by atoms with Crippen LogP contribution in [0.15, 0.2) is 41.5 Å². The normalized spacial score (nSPS) is 18.2. The number of nitrogens with zero attached hydrogens (tertiary/aromatic N) is 2. The number of rotatable bonds is 3. The molecule has 0 aliphatic carbocycles. The average Bonchev–Trinajstić information content (AvgIpc) is 3.12. The summed E-state index contributed by atoms with van der Waals surface area (Å²) in [5.74, 6) is 0.565. The van der Waals surface area contributed by atoms with Crippen LogP contribution in [0.5, 0.6) is 5.75 Å². The SMILES string of the molecule is O=C(c1ccoc1)N1CCC(Oc2ccncc2Cl)C1. The molecule has 1 aliphatic heterocycles. The van der Waals surface area contributed by atoms with Crippen LogP contribution in [0.25, 0.3) is 0 Å². The van der Waals surface area contributed by atoms with Crippen molar-refractivity contribution in [3.8, 4) is 5.75 Å². The Balaban J connectivity index is 1.63. The van der Waals surface area contributed by atoms with E-state index in [0.717, 1.165) is 6.42 Å².